The molecule has 0 fully saturated rings. The van der Waals surface area contributed by atoms with Gasteiger partial charge in [-0.25, -0.2) is 0 Å². The molecule has 0 atom stereocenters. The molecule has 16 heavy (non-hydrogen) atoms. The largest absolute Gasteiger partial charge is 0.383 e. The van der Waals surface area contributed by atoms with Crippen LogP contribution in [0.2, 0.25) is 0 Å². The third kappa shape index (κ3) is 1.91. The Morgan fingerprint density at radius 3 is 2.94 bits per heavy atom. The lowest BCUT2D eigenvalue weighted by Gasteiger charge is -2.09. The summed E-state index contributed by atoms with van der Waals surface area (Å²) >= 11 is 0. The minimum Gasteiger partial charge on any atom is -0.383 e. The van der Waals surface area contributed by atoms with Crippen LogP contribution in [0.25, 0.3) is 0 Å². The van der Waals surface area contributed by atoms with E-state index in [1.165, 1.54) is 0 Å². The fourth-order valence-electron chi connectivity index (χ4n) is 1.59. The highest BCUT2D eigenvalue weighted by Gasteiger charge is 2.14. The zero-order valence-corrected chi connectivity index (χ0v) is 9.45. The first-order valence-corrected chi connectivity index (χ1v) is 5.32. The number of nitrogens with zero attached hydrogens (tertiary/aromatic N) is 1. The molecule has 1 heterocycles. The molecular formula is C12H15N3O. The van der Waals surface area contributed by atoms with Gasteiger partial charge in [0.2, 0.25) is 5.91 Å². The van der Waals surface area contributed by atoms with Crippen LogP contribution in [0.3, 0.4) is 0 Å². The smallest absolute Gasteiger partial charge is 0.226 e. The van der Waals surface area contributed by atoms with Crippen molar-refractivity contribution < 1.29 is 4.79 Å². The van der Waals surface area contributed by atoms with E-state index in [0.717, 1.165) is 16.8 Å². The van der Waals surface area contributed by atoms with E-state index in [1.54, 1.807) is 0 Å². The number of aliphatic imine (C=N–C) groups is 1. The SMILES string of the molecule is CC(C)C(=O)Nc1ccc2c(c1)CN=C2N. The van der Waals surface area contributed by atoms with Gasteiger partial charge in [-0.2, -0.15) is 0 Å². The van der Waals surface area contributed by atoms with Crippen molar-refractivity contribution in [3.8, 4) is 0 Å². The monoisotopic (exact) mass is 217 g/mol. The number of anilines is 1. The molecular weight excluding hydrogens is 202 g/mol. The number of nitrogens with two attached hydrogens (primary N) is 1. The van der Waals surface area contributed by atoms with E-state index in [-0.39, 0.29) is 11.8 Å². The third-order valence-corrected chi connectivity index (χ3v) is 2.59. The molecule has 0 unspecified atom stereocenters. The van der Waals surface area contributed by atoms with Gasteiger partial charge in [-0.15, -0.1) is 0 Å². The van der Waals surface area contributed by atoms with Crippen molar-refractivity contribution in [2.24, 2.45) is 16.6 Å². The maximum absolute atomic E-state index is 11.5. The van der Waals surface area contributed by atoms with Gasteiger partial charge < -0.3 is 11.1 Å². The van der Waals surface area contributed by atoms with Gasteiger partial charge in [0.25, 0.3) is 0 Å². The van der Waals surface area contributed by atoms with Crippen molar-refractivity contribution in [2.45, 2.75) is 20.4 Å². The number of amides is 1. The fourth-order valence-corrected chi connectivity index (χ4v) is 1.59. The van der Waals surface area contributed by atoms with Gasteiger partial charge in [-0.1, -0.05) is 13.8 Å². The van der Waals surface area contributed by atoms with E-state index in [0.29, 0.717) is 12.4 Å². The molecule has 84 valence electrons. The average Bonchev–Trinajstić information content (AvgIpc) is 2.60. The Hall–Kier alpha value is -1.84. The summed E-state index contributed by atoms with van der Waals surface area (Å²) in [4.78, 5) is 15.7. The van der Waals surface area contributed by atoms with Crippen molar-refractivity contribution in [3.63, 3.8) is 0 Å². The number of hydrogen-bond donors (Lipinski definition) is 2. The summed E-state index contributed by atoms with van der Waals surface area (Å²) < 4.78 is 0. The Bertz CT molecular complexity index is 463. The van der Waals surface area contributed by atoms with Gasteiger partial charge in [0, 0.05) is 17.2 Å². The predicted molar refractivity (Wildman–Crippen MR) is 64.3 cm³/mol. The van der Waals surface area contributed by atoms with Crippen molar-refractivity contribution in [1.82, 2.24) is 0 Å². The van der Waals surface area contributed by atoms with Gasteiger partial charge in [0.05, 0.1) is 6.54 Å². The summed E-state index contributed by atoms with van der Waals surface area (Å²) in [6, 6.07) is 5.68. The zero-order valence-electron chi connectivity index (χ0n) is 9.45. The lowest BCUT2D eigenvalue weighted by Crippen LogP contribution is -2.18. The number of fused-ring (bicyclic) bond motifs is 1. The van der Waals surface area contributed by atoms with Crippen LogP contribution in [0.5, 0.6) is 0 Å². The second-order valence-corrected chi connectivity index (χ2v) is 4.22. The molecule has 1 aliphatic rings. The molecule has 1 aliphatic heterocycles. The highest BCUT2D eigenvalue weighted by Crippen LogP contribution is 2.21. The van der Waals surface area contributed by atoms with Crippen LogP contribution in [-0.4, -0.2) is 11.7 Å². The molecule has 4 nitrogen and oxygen atoms in total. The lowest BCUT2D eigenvalue weighted by atomic mass is 10.1. The summed E-state index contributed by atoms with van der Waals surface area (Å²) in [6.45, 7) is 4.33. The molecule has 0 aliphatic carbocycles. The van der Waals surface area contributed by atoms with Crippen LogP contribution in [0.1, 0.15) is 25.0 Å². The Kier molecular flexibility index (Phi) is 2.64. The van der Waals surface area contributed by atoms with E-state index in [1.807, 2.05) is 32.0 Å². The minimum atomic E-state index is -0.0189. The van der Waals surface area contributed by atoms with Crippen LogP contribution < -0.4 is 11.1 Å². The summed E-state index contributed by atoms with van der Waals surface area (Å²) in [7, 11) is 0. The minimum absolute atomic E-state index is 0.0189. The van der Waals surface area contributed by atoms with E-state index in [4.69, 9.17) is 5.73 Å². The lowest BCUT2D eigenvalue weighted by molar-refractivity contribution is -0.118. The van der Waals surface area contributed by atoms with E-state index < -0.39 is 0 Å². The molecule has 2 rings (SSSR count). The quantitative estimate of drug-likeness (QED) is 0.788. The van der Waals surface area contributed by atoms with E-state index >= 15 is 0 Å². The van der Waals surface area contributed by atoms with Gasteiger partial charge in [-0.05, 0) is 23.8 Å². The molecule has 1 aromatic carbocycles. The van der Waals surface area contributed by atoms with Crippen LogP contribution in [-0.2, 0) is 11.3 Å². The number of amidine groups is 1. The average molecular weight is 217 g/mol. The Labute approximate surface area is 94.6 Å². The van der Waals surface area contributed by atoms with Crippen molar-refractivity contribution in [3.05, 3.63) is 29.3 Å². The van der Waals surface area contributed by atoms with Crippen molar-refractivity contribution in [1.29, 1.82) is 0 Å². The number of hydrogen-bond acceptors (Lipinski definition) is 3. The maximum Gasteiger partial charge on any atom is 0.226 e. The van der Waals surface area contributed by atoms with Crippen LogP contribution in [0.15, 0.2) is 23.2 Å². The zero-order chi connectivity index (χ0) is 11.7. The van der Waals surface area contributed by atoms with Crippen molar-refractivity contribution in [2.75, 3.05) is 5.32 Å². The third-order valence-electron chi connectivity index (χ3n) is 2.59. The summed E-state index contributed by atoms with van der Waals surface area (Å²) in [5.74, 6) is 0.582. The molecule has 0 saturated carbocycles. The maximum atomic E-state index is 11.5. The van der Waals surface area contributed by atoms with Crippen LogP contribution in [0, 0.1) is 5.92 Å². The summed E-state index contributed by atoms with van der Waals surface area (Å²) in [6.07, 6.45) is 0. The van der Waals surface area contributed by atoms with Crippen LogP contribution in [0.4, 0.5) is 5.69 Å². The Morgan fingerprint density at radius 2 is 2.25 bits per heavy atom. The van der Waals surface area contributed by atoms with Gasteiger partial charge in [-0.3, -0.25) is 9.79 Å². The standard InChI is InChI=1S/C12H15N3O/c1-7(2)12(16)15-9-3-4-10-8(5-9)6-14-11(10)13/h3-5,7H,6H2,1-2H3,(H2,13,14)(H,15,16). The van der Waals surface area contributed by atoms with Gasteiger partial charge in [0.1, 0.15) is 5.84 Å². The van der Waals surface area contributed by atoms with E-state index in [9.17, 15) is 4.79 Å². The molecule has 0 bridgehead atoms. The van der Waals surface area contributed by atoms with Gasteiger partial charge in [0.15, 0.2) is 0 Å². The fraction of sp³-hybridized carbons (Fsp3) is 0.333. The molecule has 1 amide bonds. The van der Waals surface area contributed by atoms with Gasteiger partial charge >= 0.3 is 0 Å². The first-order valence-electron chi connectivity index (χ1n) is 5.32. The normalized spacial score (nSPS) is 13.6. The summed E-state index contributed by atoms with van der Waals surface area (Å²) in [5, 5.41) is 2.86. The predicted octanol–water partition coefficient (Wildman–Crippen LogP) is 1.50. The molecule has 4 heteroatoms. The number of rotatable bonds is 2. The number of nitrogens with one attached hydrogen (secondary N) is 1. The topological polar surface area (TPSA) is 67.5 Å². The highest BCUT2D eigenvalue weighted by atomic mass is 16.1. The molecule has 0 radical (unpaired) electrons. The Morgan fingerprint density at radius 1 is 1.50 bits per heavy atom. The second-order valence-electron chi connectivity index (χ2n) is 4.22. The molecule has 0 aromatic heterocycles. The molecule has 1 aromatic rings. The highest BCUT2D eigenvalue weighted by molar-refractivity contribution is 6.01. The summed E-state index contributed by atoms with van der Waals surface area (Å²) in [5.41, 5.74) is 8.56. The van der Waals surface area contributed by atoms with Crippen molar-refractivity contribution >= 4 is 17.4 Å². The first kappa shape index (κ1) is 10.7. The van der Waals surface area contributed by atoms with Crippen LogP contribution >= 0.6 is 0 Å². The second kappa shape index (κ2) is 3.96. The first-order chi connectivity index (χ1) is 7.58. The molecule has 0 spiro atoms. The number of carbonyl (C=O) groups is 1. The Balaban J connectivity index is 2.18. The number of benzene rings is 1. The molecule has 0 saturated heterocycles. The molecule has 3 N–H and O–H groups in total. The number of carbonyl (C=O) groups excluding carboxylic acids is 1. The van der Waals surface area contributed by atoms with E-state index in [2.05, 4.69) is 10.3 Å².